The fourth-order valence-electron chi connectivity index (χ4n) is 4.80. The Labute approximate surface area is 219 Å². The largest absolute Gasteiger partial charge is 0.0622 e. The number of hydrogen-bond donors (Lipinski definition) is 1. The molecule has 1 aliphatic rings. The predicted molar refractivity (Wildman–Crippen MR) is 152 cm³/mol. The summed E-state index contributed by atoms with van der Waals surface area (Å²) in [6.07, 6.45) is 8.46. The standard InChI is InChI=1S/C12H10.C9H13.C8H18N.C2H7Si.Zr/c1-3-7-11(8-4-1)12-9-5-2-6-10-12;1-6-5-7(2)9(4)8(6)3;1-2-3-4-5-6-7-8-9;1-3-2;/h1-10H;6H,1-4H3;9H,2-8H2,1H3;3H,1-2H3;/q;;-1;;+1. The third-order valence-electron chi connectivity index (χ3n) is 7.23. The zero-order valence-corrected chi connectivity index (χ0v) is 26.5. The molecular weight excluding hydrogens is 506 g/mol. The van der Waals surface area contributed by atoms with Crippen molar-refractivity contribution in [2.75, 3.05) is 6.54 Å². The van der Waals surface area contributed by atoms with Crippen molar-refractivity contribution >= 4 is 5.92 Å². The first-order valence-electron chi connectivity index (χ1n) is 13.5. The van der Waals surface area contributed by atoms with Gasteiger partial charge in [0.25, 0.3) is 0 Å². The maximum Gasteiger partial charge on any atom is -0.0184 e. The van der Waals surface area contributed by atoms with E-state index in [-0.39, 0.29) is 0 Å². The van der Waals surface area contributed by atoms with Gasteiger partial charge in [-0.2, -0.15) is 0 Å². The molecule has 1 N–H and O–H groups in total. The van der Waals surface area contributed by atoms with Gasteiger partial charge in [0.2, 0.25) is 0 Å². The molecule has 1 nitrogen and oxygen atoms in total. The minimum absolute atomic E-state index is 0.539. The van der Waals surface area contributed by atoms with Crippen LogP contribution in [0.1, 0.15) is 73.1 Å². The van der Waals surface area contributed by atoms with E-state index >= 15 is 0 Å². The zero-order chi connectivity index (χ0) is 24.9. The number of nitrogens with one attached hydrogen (secondary N) is 1. The van der Waals surface area contributed by atoms with Crippen molar-refractivity contribution in [2.24, 2.45) is 5.92 Å². The van der Waals surface area contributed by atoms with Gasteiger partial charge in [0.05, 0.1) is 0 Å². The van der Waals surface area contributed by atoms with E-state index in [4.69, 9.17) is 0 Å². The minimum Gasteiger partial charge on any atom is -0.0622 e. The Hall–Kier alpha value is -1.02. The van der Waals surface area contributed by atoms with Crippen molar-refractivity contribution in [3.05, 3.63) is 80.7 Å². The van der Waals surface area contributed by atoms with Crippen LogP contribution < -0.4 is 3.26 Å². The van der Waals surface area contributed by atoms with Crippen LogP contribution in [0.2, 0.25) is 13.1 Å². The molecule has 0 amide bonds. The molecule has 0 radical (unpaired) electrons. The summed E-state index contributed by atoms with van der Waals surface area (Å²) in [7, 11) is 0. The Kier molecular flexibility index (Phi) is 13.6. The van der Waals surface area contributed by atoms with Crippen LogP contribution in [0.5, 0.6) is 0 Å². The summed E-state index contributed by atoms with van der Waals surface area (Å²) in [5, 5.41) is 0. The van der Waals surface area contributed by atoms with E-state index in [0.717, 1.165) is 5.92 Å². The predicted octanol–water partition coefficient (Wildman–Crippen LogP) is 9.07. The first-order valence-corrected chi connectivity index (χ1v) is 23.1. The summed E-state index contributed by atoms with van der Waals surface area (Å²) in [6.45, 7) is 18.3. The molecule has 1 aliphatic carbocycles. The quantitative estimate of drug-likeness (QED) is 0.216. The molecule has 2 aromatic rings. The van der Waals surface area contributed by atoms with Crippen molar-refractivity contribution in [3.8, 4) is 11.1 Å². The van der Waals surface area contributed by atoms with Crippen LogP contribution in [-0.2, 0) is 21.2 Å². The van der Waals surface area contributed by atoms with Gasteiger partial charge in [0.15, 0.2) is 0 Å². The monoisotopic (exact) mass is 552 g/mol. The molecule has 0 heterocycles. The molecule has 0 saturated heterocycles. The molecule has 0 bridgehead atoms. The molecule has 1 atom stereocenters. The second-order valence-corrected chi connectivity index (χ2v) is 28.5. The summed E-state index contributed by atoms with van der Waals surface area (Å²) in [5.41, 5.74) is 7.45. The average Bonchev–Trinajstić information content (AvgIpc) is 3.05. The van der Waals surface area contributed by atoms with E-state index in [0.29, 0.717) is 0 Å². The fraction of sp³-hybridized carbons (Fsp3) is 0.484. The molecule has 0 fully saturated rings. The van der Waals surface area contributed by atoms with Gasteiger partial charge in [-0.05, 0) is 11.1 Å². The Bertz CT molecular complexity index is 864. The average molecular weight is 554 g/mol. The van der Waals surface area contributed by atoms with Gasteiger partial charge in [-0.1, -0.05) is 60.7 Å². The Morgan fingerprint density at radius 1 is 0.735 bits per heavy atom. The molecule has 3 rings (SSSR count). The van der Waals surface area contributed by atoms with Crippen molar-refractivity contribution in [1.29, 1.82) is 0 Å². The molecule has 0 aromatic heterocycles. The second-order valence-electron chi connectivity index (χ2n) is 10.1. The van der Waals surface area contributed by atoms with Crippen molar-refractivity contribution < 1.29 is 21.2 Å². The van der Waals surface area contributed by atoms with E-state index in [9.17, 15) is 0 Å². The van der Waals surface area contributed by atoms with E-state index in [1.165, 1.54) is 56.2 Å². The first kappa shape index (κ1) is 29.2. The third kappa shape index (κ3) is 8.89. The second kappa shape index (κ2) is 15.9. The summed E-state index contributed by atoms with van der Waals surface area (Å²) >= 11 is -1.54. The molecule has 34 heavy (non-hydrogen) atoms. The van der Waals surface area contributed by atoms with Gasteiger partial charge in [-0.25, -0.2) is 0 Å². The van der Waals surface area contributed by atoms with Crippen molar-refractivity contribution in [2.45, 2.75) is 86.2 Å². The summed E-state index contributed by atoms with van der Waals surface area (Å²) in [6, 6.07) is 20.8. The topological polar surface area (TPSA) is 12.0 Å². The maximum atomic E-state index is 4.13. The van der Waals surface area contributed by atoms with Crippen LogP contribution in [0.15, 0.2) is 80.7 Å². The Balaban J connectivity index is 0.000000283. The van der Waals surface area contributed by atoms with Gasteiger partial charge in [-0.3, -0.25) is 0 Å². The van der Waals surface area contributed by atoms with Crippen molar-refractivity contribution in [3.63, 3.8) is 0 Å². The molecule has 1 unspecified atom stereocenters. The van der Waals surface area contributed by atoms with E-state index in [1.807, 2.05) is 15.4 Å². The number of allylic oxidation sites excluding steroid dienone is 4. The molecule has 0 spiro atoms. The molecule has 2 aromatic carbocycles. The van der Waals surface area contributed by atoms with Gasteiger partial charge in [-0.15, -0.1) is 0 Å². The van der Waals surface area contributed by atoms with Crippen molar-refractivity contribution in [1.82, 2.24) is 3.26 Å². The van der Waals surface area contributed by atoms with Crippen LogP contribution in [0, 0.1) is 5.92 Å². The van der Waals surface area contributed by atoms with Gasteiger partial charge >= 0.3 is 149 Å². The summed E-state index contributed by atoms with van der Waals surface area (Å²) in [5.74, 6) is 0.198. The van der Waals surface area contributed by atoms with Crippen LogP contribution in [0.4, 0.5) is 0 Å². The fourth-order valence-corrected chi connectivity index (χ4v) is 21.7. The van der Waals surface area contributed by atoms with E-state index in [1.54, 1.807) is 16.7 Å². The molecule has 3 heteroatoms. The number of unbranched alkanes of at least 4 members (excludes halogenated alkanes) is 5. The minimum atomic E-state index is -1.54. The first-order chi connectivity index (χ1) is 16.4. The summed E-state index contributed by atoms with van der Waals surface area (Å²) in [4.78, 5) is 0. The molecule has 0 saturated carbocycles. The smallest absolute Gasteiger partial charge is 0.0184 e. The number of benzene rings is 2. The Morgan fingerprint density at radius 3 is 1.68 bits per heavy atom. The normalized spacial score (nSPS) is 15.6. The van der Waals surface area contributed by atoms with E-state index in [2.05, 4.69) is 99.5 Å². The SMILES string of the molecule is CCCCCCCC[NH][Zr]([C]1=C(C)C(C)=C(C)C1C)[SiH](C)C.c1ccc(-c2ccccc2)cc1. The van der Waals surface area contributed by atoms with Crippen LogP contribution in [0.25, 0.3) is 11.1 Å². The van der Waals surface area contributed by atoms with Crippen LogP contribution >= 0.6 is 0 Å². The number of hydrogen-bond acceptors (Lipinski definition) is 1. The van der Waals surface area contributed by atoms with Gasteiger partial charge in [0, 0.05) is 0 Å². The van der Waals surface area contributed by atoms with E-state index < -0.39 is 27.1 Å². The molecule has 185 valence electrons. The third-order valence-corrected chi connectivity index (χ3v) is 24.9. The van der Waals surface area contributed by atoms with Crippen LogP contribution in [-0.4, -0.2) is 12.5 Å². The molecular formula is C31H48NSiZr. The number of rotatable bonds is 11. The molecule has 0 aliphatic heterocycles. The Morgan fingerprint density at radius 2 is 1.24 bits per heavy atom. The van der Waals surface area contributed by atoms with Gasteiger partial charge in [0.1, 0.15) is 0 Å². The zero-order valence-electron chi connectivity index (χ0n) is 22.9. The maximum absolute atomic E-state index is 4.13. The van der Waals surface area contributed by atoms with Crippen LogP contribution in [0.3, 0.4) is 0 Å². The summed E-state index contributed by atoms with van der Waals surface area (Å²) < 4.78 is 6.04. The van der Waals surface area contributed by atoms with Gasteiger partial charge < -0.3 is 0 Å².